The Bertz CT molecular complexity index is 612. The topological polar surface area (TPSA) is 20.3 Å². The summed E-state index contributed by atoms with van der Waals surface area (Å²) in [7, 11) is 0. The minimum atomic E-state index is -0.142. The first-order valence-electron chi connectivity index (χ1n) is 6.80. The molecule has 3 rings (SSSR count). The van der Waals surface area contributed by atoms with Gasteiger partial charge in [-0.3, -0.25) is 4.90 Å². The van der Waals surface area contributed by atoms with Gasteiger partial charge in [-0.2, -0.15) is 0 Å². The van der Waals surface area contributed by atoms with Gasteiger partial charge in [-0.15, -0.1) is 0 Å². The zero-order chi connectivity index (χ0) is 13.9. The molecule has 3 heteroatoms. The number of benzene rings is 2. The summed E-state index contributed by atoms with van der Waals surface area (Å²) in [5.74, 6) is 0. The molecule has 102 valence electrons. The van der Waals surface area contributed by atoms with Crippen molar-refractivity contribution in [3.63, 3.8) is 0 Å². The summed E-state index contributed by atoms with van der Waals surface area (Å²) >= 11 is 3.59. The van der Waals surface area contributed by atoms with E-state index in [2.05, 4.69) is 39.0 Å². The quantitative estimate of drug-likeness (QED) is 0.799. The molecular weight excluding hydrogens is 314 g/mol. The van der Waals surface area contributed by atoms with Crippen LogP contribution in [0.5, 0.6) is 0 Å². The van der Waals surface area contributed by atoms with Crippen molar-refractivity contribution in [1.29, 1.82) is 0 Å². The van der Waals surface area contributed by atoms with Gasteiger partial charge in [0.25, 0.3) is 0 Å². The molecule has 0 aromatic heterocycles. The summed E-state index contributed by atoms with van der Waals surface area (Å²) in [6.45, 7) is 1.73. The molecule has 0 spiro atoms. The van der Waals surface area contributed by atoms with Crippen molar-refractivity contribution in [2.24, 2.45) is 0 Å². The smallest absolute Gasteiger partial charge is 0.141 e. The number of aldehydes is 1. The number of hydrogen-bond acceptors (Lipinski definition) is 2. The van der Waals surface area contributed by atoms with Crippen molar-refractivity contribution in [3.05, 3.63) is 69.7 Å². The molecule has 2 nitrogen and oxygen atoms in total. The van der Waals surface area contributed by atoms with Gasteiger partial charge in [-0.1, -0.05) is 58.4 Å². The Morgan fingerprint density at radius 3 is 2.70 bits per heavy atom. The Hall–Kier alpha value is -1.45. The van der Waals surface area contributed by atoms with Crippen LogP contribution in [-0.4, -0.2) is 17.7 Å². The van der Waals surface area contributed by atoms with E-state index in [-0.39, 0.29) is 6.04 Å². The molecule has 20 heavy (non-hydrogen) atoms. The Balaban J connectivity index is 1.90. The second kappa shape index (κ2) is 5.90. The average Bonchev–Trinajstić information content (AvgIpc) is 2.48. The van der Waals surface area contributed by atoms with Gasteiger partial charge in [0.15, 0.2) is 0 Å². The van der Waals surface area contributed by atoms with Gasteiger partial charge >= 0.3 is 0 Å². The van der Waals surface area contributed by atoms with Gasteiger partial charge in [0.2, 0.25) is 0 Å². The van der Waals surface area contributed by atoms with E-state index in [0.717, 1.165) is 35.8 Å². The molecule has 0 amide bonds. The molecule has 0 bridgehead atoms. The molecule has 1 heterocycles. The van der Waals surface area contributed by atoms with E-state index in [0.29, 0.717) is 0 Å². The molecule has 2 aromatic carbocycles. The number of hydrogen-bond donors (Lipinski definition) is 0. The summed E-state index contributed by atoms with van der Waals surface area (Å²) in [4.78, 5) is 13.8. The number of carbonyl (C=O) groups excluding carboxylic acids is 1. The lowest BCUT2D eigenvalue weighted by atomic mass is 9.93. The molecule has 0 radical (unpaired) electrons. The molecule has 1 unspecified atom stereocenters. The van der Waals surface area contributed by atoms with Crippen LogP contribution in [0.25, 0.3) is 0 Å². The fourth-order valence-electron chi connectivity index (χ4n) is 2.86. The van der Waals surface area contributed by atoms with Gasteiger partial charge in [-0.25, -0.2) is 0 Å². The van der Waals surface area contributed by atoms with E-state index in [9.17, 15) is 4.79 Å². The lowest BCUT2D eigenvalue weighted by Crippen LogP contribution is -2.36. The van der Waals surface area contributed by atoms with Crippen molar-refractivity contribution >= 4 is 22.2 Å². The maximum absolute atomic E-state index is 11.6. The summed E-state index contributed by atoms with van der Waals surface area (Å²) in [6, 6.07) is 16.3. The molecule has 1 aliphatic heterocycles. The van der Waals surface area contributed by atoms with Gasteiger partial charge in [-0.05, 0) is 29.2 Å². The van der Waals surface area contributed by atoms with E-state index in [1.165, 1.54) is 11.1 Å². The second-order valence-electron chi connectivity index (χ2n) is 5.09. The zero-order valence-electron chi connectivity index (χ0n) is 11.1. The molecule has 0 saturated heterocycles. The van der Waals surface area contributed by atoms with Crippen LogP contribution in [-0.2, 0) is 17.8 Å². The fourth-order valence-corrected chi connectivity index (χ4v) is 3.44. The van der Waals surface area contributed by atoms with Crippen molar-refractivity contribution in [2.45, 2.75) is 19.0 Å². The van der Waals surface area contributed by atoms with Gasteiger partial charge < -0.3 is 4.79 Å². The Morgan fingerprint density at radius 1 is 1.15 bits per heavy atom. The number of nitrogens with zero attached hydrogens (tertiary/aromatic N) is 1. The van der Waals surface area contributed by atoms with Crippen LogP contribution in [0.1, 0.15) is 22.7 Å². The maximum Gasteiger partial charge on any atom is 0.141 e. The third-order valence-electron chi connectivity index (χ3n) is 3.87. The van der Waals surface area contributed by atoms with Crippen molar-refractivity contribution in [2.75, 3.05) is 6.54 Å². The van der Waals surface area contributed by atoms with Gasteiger partial charge in [0.1, 0.15) is 6.29 Å². The monoisotopic (exact) mass is 329 g/mol. The third-order valence-corrected chi connectivity index (χ3v) is 4.62. The summed E-state index contributed by atoms with van der Waals surface area (Å²) < 4.78 is 1.11. The Kier molecular flexibility index (Phi) is 3.99. The van der Waals surface area contributed by atoms with Crippen LogP contribution >= 0.6 is 15.9 Å². The molecule has 1 atom stereocenters. The first-order valence-corrected chi connectivity index (χ1v) is 7.59. The highest BCUT2D eigenvalue weighted by Gasteiger charge is 2.27. The van der Waals surface area contributed by atoms with Crippen molar-refractivity contribution < 1.29 is 4.79 Å². The highest BCUT2D eigenvalue weighted by atomic mass is 79.9. The van der Waals surface area contributed by atoms with Crippen LogP contribution in [0.2, 0.25) is 0 Å². The number of fused-ring (bicyclic) bond motifs is 1. The van der Waals surface area contributed by atoms with E-state index >= 15 is 0 Å². The molecule has 0 fully saturated rings. The fraction of sp³-hybridized carbons (Fsp3) is 0.235. The van der Waals surface area contributed by atoms with Crippen LogP contribution in [0.4, 0.5) is 0 Å². The van der Waals surface area contributed by atoms with Crippen LogP contribution in [0.3, 0.4) is 0 Å². The standard InChI is InChI=1S/C17H16BrNO/c18-16-8-4-7-15-14(16)9-10-19(17(15)12-20)11-13-5-2-1-3-6-13/h1-8,12,17H,9-11H2. The summed E-state index contributed by atoms with van der Waals surface area (Å²) in [6.07, 6.45) is 2.04. The van der Waals surface area contributed by atoms with Gasteiger partial charge in [0.05, 0.1) is 6.04 Å². The molecule has 1 aliphatic rings. The van der Waals surface area contributed by atoms with Crippen molar-refractivity contribution in [3.8, 4) is 0 Å². The molecule has 0 N–H and O–H groups in total. The van der Waals surface area contributed by atoms with Crippen LogP contribution in [0, 0.1) is 0 Å². The number of rotatable bonds is 3. The largest absolute Gasteiger partial charge is 0.301 e. The number of halogens is 1. The van der Waals surface area contributed by atoms with E-state index in [1.807, 2.05) is 30.3 Å². The zero-order valence-corrected chi connectivity index (χ0v) is 12.7. The van der Waals surface area contributed by atoms with Crippen molar-refractivity contribution in [1.82, 2.24) is 4.90 Å². The predicted molar refractivity (Wildman–Crippen MR) is 83.5 cm³/mol. The first-order chi connectivity index (χ1) is 9.79. The first kappa shape index (κ1) is 13.5. The highest BCUT2D eigenvalue weighted by Crippen LogP contribution is 2.33. The molecule has 0 aliphatic carbocycles. The maximum atomic E-state index is 11.6. The molecular formula is C17H16BrNO. The molecule has 2 aromatic rings. The van der Waals surface area contributed by atoms with Crippen LogP contribution in [0.15, 0.2) is 53.0 Å². The third kappa shape index (κ3) is 2.56. The second-order valence-corrected chi connectivity index (χ2v) is 5.95. The van der Waals surface area contributed by atoms with E-state index in [4.69, 9.17) is 0 Å². The lowest BCUT2D eigenvalue weighted by molar-refractivity contribution is -0.113. The highest BCUT2D eigenvalue weighted by molar-refractivity contribution is 9.10. The minimum Gasteiger partial charge on any atom is -0.301 e. The Morgan fingerprint density at radius 2 is 1.95 bits per heavy atom. The average molecular weight is 330 g/mol. The Labute approximate surface area is 127 Å². The normalized spacial score (nSPS) is 18.6. The summed E-state index contributed by atoms with van der Waals surface area (Å²) in [5, 5.41) is 0. The van der Waals surface area contributed by atoms with E-state index in [1.54, 1.807) is 0 Å². The number of carbonyl (C=O) groups is 1. The predicted octanol–water partition coefficient (Wildman–Crippen LogP) is 3.75. The lowest BCUT2D eigenvalue weighted by Gasteiger charge is -2.34. The SMILES string of the molecule is O=CC1c2cccc(Br)c2CCN1Cc1ccccc1. The summed E-state index contributed by atoms with van der Waals surface area (Å²) in [5.41, 5.74) is 3.66. The molecule has 0 saturated carbocycles. The van der Waals surface area contributed by atoms with Crippen LogP contribution < -0.4 is 0 Å². The van der Waals surface area contributed by atoms with E-state index < -0.39 is 0 Å². The minimum absolute atomic E-state index is 0.142. The van der Waals surface area contributed by atoms with Gasteiger partial charge in [0, 0.05) is 17.6 Å².